The van der Waals surface area contributed by atoms with Gasteiger partial charge in [0.2, 0.25) is 0 Å². The molecule has 0 saturated carbocycles. The van der Waals surface area contributed by atoms with Gasteiger partial charge >= 0.3 is 0 Å². The minimum Gasteiger partial charge on any atom is -0.295 e. The molecule has 0 atom stereocenters. The van der Waals surface area contributed by atoms with Crippen LogP contribution in [0.4, 0.5) is 0 Å². The molecular formula is C19H15NO. The molecular weight excluding hydrogens is 258 g/mol. The third-order valence-electron chi connectivity index (χ3n) is 3.38. The Labute approximate surface area is 123 Å². The number of para-hydroxylation sites is 1. The SMILES string of the molecule is CC(=O)c1ccc(C=Cc2ccc3ccccc3n2)cc1. The lowest BCUT2D eigenvalue weighted by Gasteiger charge is -1.99. The molecule has 2 aromatic carbocycles. The Morgan fingerprint density at radius 1 is 0.905 bits per heavy atom. The number of carbonyl (C=O) groups excluding carboxylic acids is 1. The van der Waals surface area contributed by atoms with Gasteiger partial charge in [-0.1, -0.05) is 54.6 Å². The fourth-order valence-electron chi connectivity index (χ4n) is 2.19. The Bertz CT molecular complexity index is 816. The number of ketones is 1. The Morgan fingerprint density at radius 2 is 1.67 bits per heavy atom. The van der Waals surface area contributed by atoms with Gasteiger partial charge in [-0.2, -0.15) is 0 Å². The van der Waals surface area contributed by atoms with Crippen LogP contribution in [0.25, 0.3) is 23.1 Å². The lowest BCUT2D eigenvalue weighted by Crippen LogP contribution is -1.90. The number of nitrogens with zero attached hydrogens (tertiary/aromatic N) is 1. The van der Waals surface area contributed by atoms with E-state index < -0.39 is 0 Å². The Balaban J connectivity index is 1.85. The highest BCUT2D eigenvalue weighted by atomic mass is 16.1. The predicted molar refractivity (Wildman–Crippen MR) is 87.1 cm³/mol. The standard InChI is InChI=1S/C19H15NO/c1-14(21)16-9-6-15(7-10-16)8-12-18-13-11-17-4-2-3-5-19(17)20-18/h2-13H,1H3. The lowest BCUT2D eigenvalue weighted by molar-refractivity contribution is 0.101. The van der Waals surface area contributed by atoms with Crippen molar-refractivity contribution in [2.24, 2.45) is 0 Å². The van der Waals surface area contributed by atoms with E-state index in [1.807, 2.05) is 60.7 Å². The molecule has 0 aliphatic carbocycles. The Hall–Kier alpha value is -2.74. The quantitative estimate of drug-likeness (QED) is 0.652. The van der Waals surface area contributed by atoms with Crippen LogP contribution in [0.5, 0.6) is 0 Å². The minimum absolute atomic E-state index is 0.0849. The number of hydrogen-bond donors (Lipinski definition) is 0. The second kappa shape index (κ2) is 5.71. The molecule has 102 valence electrons. The van der Waals surface area contributed by atoms with Gasteiger partial charge in [-0.05, 0) is 30.7 Å². The predicted octanol–water partition coefficient (Wildman–Crippen LogP) is 4.61. The van der Waals surface area contributed by atoms with Crippen molar-refractivity contribution in [3.05, 3.63) is 77.5 Å². The summed E-state index contributed by atoms with van der Waals surface area (Å²) >= 11 is 0. The van der Waals surface area contributed by atoms with E-state index in [0.717, 1.165) is 27.7 Å². The third-order valence-corrected chi connectivity index (χ3v) is 3.38. The molecule has 1 heterocycles. The van der Waals surface area contributed by atoms with E-state index in [9.17, 15) is 4.79 Å². The van der Waals surface area contributed by atoms with Crippen molar-refractivity contribution in [3.63, 3.8) is 0 Å². The number of Topliss-reactive ketones (excluding diaryl/α,β-unsaturated/α-hetero) is 1. The fourth-order valence-corrected chi connectivity index (χ4v) is 2.19. The molecule has 0 bridgehead atoms. The summed E-state index contributed by atoms with van der Waals surface area (Å²) in [6.07, 6.45) is 3.98. The summed E-state index contributed by atoms with van der Waals surface area (Å²) in [5.41, 5.74) is 3.70. The number of aromatic nitrogens is 1. The van der Waals surface area contributed by atoms with Crippen LogP contribution in [-0.4, -0.2) is 10.8 Å². The molecule has 2 nitrogen and oxygen atoms in total. The number of pyridine rings is 1. The zero-order valence-electron chi connectivity index (χ0n) is 11.8. The van der Waals surface area contributed by atoms with Crippen molar-refractivity contribution in [3.8, 4) is 0 Å². The summed E-state index contributed by atoms with van der Waals surface area (Å²) in [5, 5.41) is 1.14. The van der Waals surface area contributed by atoms with E-state index in [1.54, 1.807) is 6.92 Å². The first kappa shape index (κ1) is 13.3. The number of benzene rings is 2. The van der Waals surface area contributed by atoms with E-state index >= 15 is 0 Å². The first-order valence-electron chi connectivity index (χ1n) is 6.87. The summed E-state index contributed by atoms with van der Waals surface area (Å²) in [6, 6.07) is 19.7. The molecule has 3 aromatic rings. The Morgan fingerprint density at radius 3 is 2.43 bits per heavy atom. The average Bonchev–Trinajstić information content (AvgIpc) is 2.53. The number of hydrogen-bond acceptors (Lipinski definition) is 2. The van der Waals surface area contributed by atoms with Gasteiger partial charge in [-0.15, -0.1) is 0 Å². The topological polar surface area (TPSA) is 30.0 Å². The van der Waals surface area contributed by atoms with Crippen molar-refractivity contribution < 1.29 is 4.79 Å². The second-order valence-electron chi connectivity index (χ2n) is 4.94. The van der Waals surface area contributed by atoms with Gasteiger partial charge in [0.1, 0.15) is 0 Å². The van der Waals surface area contributed by atoms with Gasteiger partial charge in [0.05, 0.1) is 11.2 Å². The maximum atomic E-state index is 11.2. The number of rotatable bonds is 3. The number of fused-ring (bicyclic) bond motifs is 1. The fraction of sp³-hybridized carbons (Fsp3) is 0.0526. The van der Waals surface area contributed by atoms with Crippen LogP contribution in [-0.2, 0) is 0 Å². The van der Waals surface area contributed by atoms with Crippen LogP contribution < -0.4 is 0 Å². The summed E-state index contributed by atoms with van der Waals surface area (Å²) in [4.78, 5) is 15.8. The number of carbonyl (C=O) groups is 1. The minimum atomic E-state index is 0.0849. The zero-order chi connectivity index (χ0) is 14.7. The Kier molecular flexibility index (Phi) is 3.61. The molecule has 21 heavy (non-hydrogen) atoms. The second-order valence-corrected chi connectivity index (χ2v) is 4.94. The van der Waals surface area contributed by atoms with Crippen LogP contribution in [0.15, 0.2) is 60.7 Å². The molecule has 0 N–H and O–H groups in total. The summed E-state index contributed by atoms with van der Waals surface area (Å²) in [7, 11) is 0. The van der Waals surface area contributed by atoms with Crippen molar-refractivity contribution >= 4 is 28.8 Å². The van der Waals surface area contributed by atoms with Crippen molar-refractivity contribution in [2.45, 2.75) is 6.92 Å². The highest BCUT2D eigenvalue weighted by molar-refractivity contribution is 5.94. The van der Waals surface area contributed by atoms with Gasteiger partial charge in [-0.25, -0.2) is 4.98 Å². The monoisotopic (exact) mass is 273 g/mol. The first-order chi connectivity index (χ1) is 10.2. The van der Waals surface area contributed by atoms with E-state index in [0.29, 0.717) is 0 Å². The van der Waals surface area contributed by atoms with Gasteiger partial charge in [0, 0.05) is 10.9 Å². The summed E-state index contributed by atoms with van der Waals surface area (Å²) in [5.74, 6) is 0.0849. The lowest BCUT2D eigenvalue weighted by atomic mass is 10.1. The van der Waals surface area contributed by atoms with E-state index in [2.05, 4.69) is 17.1 Å². The molecule has 0 fully saturated rings. The maximum absolute atomic E-state index is 11.2. The highest BCUT2D eigenvalue weighted by Crippen LogP contribution is 2.14. The molecule has 0 aliphatic heterocycles. The van der Waals surface area contributed by atoms with Crippen LogP contribution in [0, 0.1) is 0 Å². The molecule has 0 radical (unpaired) electrons. The average molecular weight is 273 g/mol. The van der Waals surface area contributed by atoms with Crippen LogP contribution in [0.3, 0.4) is 0 Å². The maximum Gasteiger partial charge on any atom is 0.159 e. The largest absolute Gasteiger partial charge is 0.295 e. The van der Waals surface area contributed by atoms with Gasteiger partial charge in [0.25, 0.3) is 0 Å². The third kappa shape index (κ3) is 3.06. The van der Waals surface area contributed by atoms with E-state index in [4.69, 9.17) is 0 Å². The van der Waals surface area contributed by atoms with Gasteiger partial charge in [0.15, 0.2) is 5.78 Å². The van der Waals surface area contributed by atoms with E-state index in [-0.39, 0.29) is 5.78 Å². The van der Waals surface area contributed by atoms with Crippen LogP contribution in [0.2, 0.25) is 0 Å². The molecule has 0 unspecified atom stereocenters. The molecule has 1 aromatic heterocycles. The van der Waals surface area contributed by atoms with Gasteiger partial charge in [-0.3, -0.25) is 4.79 Å². The normalized spacial score (nSPS) is 11.1. The van der Waals surface area contributed by atoms with Gasteiger partial charge < -0.3 is 0 Å². The molecule has 0 aliphatic rings. The van der Waals surface area contributed by atoms with E-state index in [1.165, 1.54) is 0 Å². The van der Waals surface area contributed by atoms with Crippen molar-refractivity contribution in [1.29, 1.82) is 0 Å². The zero-order valence-corrected chi connectivity index (χ0v) is 11.8. The summed E-state index contributed by atoms with van der Waals surface area (Å²) < 4.78 is 0. The molecule has 0 saturated heterocycles. The molecule has 2 heteroatoms. The first-order valence-corrected chi connectivity index (χ1v) is 6.87. The van der Waals surface area contributed by atoms with Crippen LogP contribution >= 0.6 is 0 Å². The molecule has 0 spiro atoms. The van der Waals surface area contributed by atoms with Crippen molar-refractivity contribution in [1.82, 2.24) is 4.98 Å². The molecule has 0 amide bonds. The van der Waals surface area contributed by atoms with Crippen molar-refractivity contribution in [2.75, 3.05) is 0 Å². The smallest absolute Gasteiger partial charge is 0.159 e. The van der Waals surface area contributed by atoms with Crippen LogP contribution in [0.1, 0.15) is 28.5 Å². The molecule has 3 rings (SSSR count). The highest BCUT2D eigenvalue weighted by Gasteiger charge is 1.98. The summed E-state index contributed by atoms with van der Waals surface area (Å²) in [6.45, 7) is 1.57.